The van der Waals surface area contributed by atoms with Crippen LogP contribution in [0.3, 0.4) is 0 Å². The van der Waals surface area contributed by atoms with Crippen molar-refractivity contribution in [3.05, 3.63) is 86.2 Å². The lowest BCUT2D eigenvalue weighted by Gasteiger charge is -2.13. The van der Waals surface area contributed by atoms with Crippen LogP contribution < -0.4 is 14.2 Å². The van der Waals surface area contributed by atoms with Crippen molar-refractivity contribution < 1.29 is 24.1 Å². The van der Waals surface area contributed by atoms with Gasteiger partial charge in [-0.15, -0.1) is 5.10 Å². The van der Waals surface area contributed by atoms with Gasteiger partial charge in [-0.25, -0.2) is 9.78 Å². The van der Waals surface area contributed by atoms with Crippen LogP contribution in [0.4, 0.5) is 0 Å². The number of rotatable bonds is 10. The molecule has 1 aromatic heterocycles. The fourth-order valence-electron chi connectivity index (χ4n) is 3.32. The van der Waals surface area contributed by atoms with Crippen molar-refractivity contribution in [3.8, 4) is 28.6 Å². The van der Waals surface area contributed by atoms with Crippen LogP contribution >= 0.6 is 39.3 Å². The summed E-state index contributed by atoms with van der Waals surface area (Å²) in [6.07, 6.45) is 1.51. The van der Waals surface area contributed by atoms with Gasteiger partial charge in [-0.3, -0.25) is 5.10 Å². The van der Waals surface area contributed by atoms with Crippen LogP contribution in [0.15, 0.2) is 75.2 Å². The van der Waals surface area contributed by atoms with Gasteiger partial charge in [0.2, 0.25) is 5.16 Å². The Kier molecular flexibility index (Phi) is 8.75. The van der Waals surface area contributed by atoms with Crippen LogP contribution in [0.1, 0.15) is 11.1 Å². The lowest BCUT2D eigenvalue weighted by atomic mass is 10.2. The summed E-state index contributed by atoms with van der Waals surface area (Å²) in [7, 11) is 3.06. The minimum atomic E-state index is -1.13. The lowest BCUT2D eigenvalue weighted by Crippen LogP contribution is -2.00. The van der Waals surface area contributed by atoms with Gasteiger partial charge in [0.05, 0.1) is 19.8 Å². The topological polar surface area (TPSA) is 107 Å². The number of aromatic nitrogens is 3. The Labute approximate surface area is 230 Å². The number of ether oxygens (including phenoxy) is 3. The quantitative estimate of drug-likeness (QED) is 0.153. The molecule has 190 valence electrons. The van der Waals surface area contributed by atoms with E-state index in [4.69, 9.17) is 25.8 Å². The van der Waals surface area contributed by atoms with Crippen molar-refractivity contribution >= 4 is 51.3 Å². The normalized spacial score (nSPS) is 11.3. The second-order valence-electron chi connectivity index (χ2n) is 7.53. The van der Waals surface area contributed by atoms with E-state index in [-0.39, 0.29) is 10.1 Å². The lowest BCUT2D eigenvalue weighted by molar-refractivity contribution is -0.131. The van der Waals surface area contributed by atoms with Gasteiger partial charge in [-0.2, -0.15) is 0 Å². The molecular weight excluding hydrogens is 582 g/mol. The number of aromatic amines is 1. The van der Waals surface area contributed by atoms with Crippen molar-refractivity contribution in [3.63, 3.8) is 0 Å². The number of halogens is 2. The number of carboxylic acid groups (broad SMARTS) is 1. The Hall–Kier alpha value is -3.47. The molecule has 4 rings (SSSR count). The number of thioether (sulfide) groups is 1. The molecule has 4 aromatic rings. The zero-order valence-electron chi connectivity index (χ0n) is 19.7. The van der Waals surface area contributed by atoms with Crippen LogP contribution in [0.2, 0.25) is 5.02 Å². The van der Waals surface area contributed by atoms with Crippen molar-refractivity contribution in [2.24, 2.45) is 0 Å². The first kappa shape index (κ1) is 26.6. The Bertz CT molecular complexity index is 1450. The van der Waals surface area contributed by atoms with Gasteiger partial charge < -0.3 is 19.3 Å². The molecule has 0 bridgehead atoms. The highest BCUT2D eigenvalue weighted by atomic mass is 79.9. The zero-order chi connectivity index (χ0) is 26.4. The first-order valence-corrected chi connectivity index (χ1v) is 12.8. The summed E-state index contributed by atoms with van der Waals surface area (Å²) in [6.45, 7) is 0.361. The minimum absolute atomic E-state index is 0.00400. The summed E-state index contributed by atoms with van der Waals surface area (Å²) in [5.74, 6) is 0.806. The molecule has 8 nitrogen and oxygen atoms in total. The second kappa shape index (κ2) is 12.2. The minimum Gasteiger partial charge on any atom is -0.496 e. The molecule has 0 fully saturated rings. The molecule has 0 spiro atoms. The number of aliphatic carboxylic acids is 1. The maximum absolute atomic E-state index is 12.1. The maximum atomic E-state index is 12.1. The SMILES string of the molecule is COc1cc(/C=C(\Sc2n[nH]c(-c3cc(Cl)ccc3OC)n2)C(=O)O)c(Br)cc1OCc1ccccc1. The van der Waals surface area contributed by atoms with Crippen molar-refractivity contribution in [1.29, 1.82) is 0 Å². The van der Waals surface area contributed by atoms with Gasteiger partial charge in [-0.1, -0.05) is 57.9 Å². The highest BCUT2D eigenvalue weighted by Gasteiger charge is 2.18. The summed E-state index contributed by atoms with van der Waals surface area (Å²) in [5.41, 5.74) is 2.20. The van der Waals surface area contributed by atoms with Crippen LogP contribution in [-0.4, -0.2) is 40.5 Å². The highest BCUT2D eigenvalue weighted by Crippen LogP contribution is 2.37. The standard InChI is InChI=1S/C26H21BrClN3O5S/c1-34-20-9-8-17(28)12-18(20)24-29-26(31-30-24)37-23(25(32)33)11-16-10-21(35-2)22(13-19(16)27)36-14-15-6-4-3-5-7-15/h3-13H,14H2,1-2H3,(H,32,33)(H,29,30,31)/b23-11-. The average molecular weight is 603 g/mol. The first-order chi connectivity index (χ1) is 17.9. The average Bonchev–Trinajstić information content (AvgIpc) is 3.37. The van der Waals surface area contributed by atoms with Gasteiger partial charge in [0.15, 0.2) is 17.3 Å². The highest BCUT2D eigenvalue weighted by molar-refractivity contribution is 9.10. The number of methoxy groups -OCH3 is 2. The Morgan fingerprint density at radius 3 is 2.54 bits per heavy atom. The number of carboxylic acids is 1. The van der Waals surface area contributed by atoms with Gasteiger partial charge >= 0.3 is 5.97 Å². The summed E-state index contributed by atoms with van der Waals surface area (Å²) >= 11 is 10.5. The summed E-state index contributed by atoms with van der Waals surface area (Å²) < 4.78 is 17.4. The van der Waals surface area contributed by atoms with Gasteiger partial charge in [-0.05, 0) is 59.3 Å². The molecule has 11 heteroatoms. The van der Waals surface area contributed by atoms with Gasteiger partial charge in [0, 0.05) is 9.50 Å². The zero-order valence-corrected chi connectivity index (χ0v) is 22.9. The van der Waals surface area contributed by atoms with E-state index in [1.807, 2.05) is 30.3 Å². The number of benzene rings is 3. The first-order valence-electron chi connectivity index (χ1n) is 10.8. The van der Waals surface area contributed by atoms with E-state index < -0.39 is 5.97 Å². The third kappa shape index (κ3) is 6.65. The number of hydrogen-bond acceptors (Lipinski definition) is 7. The Morgan fingerprint density at radius 2 is 1.84 bits per heavy atom. The molecule has 0 radical (unpaired) electrons. The molecular formula is C26H21BrClN3O5S. The molecule has 0 unspecified atom stereocenters. The second-order valence-corrected chi connectivity index (χ2v) is 9.83. The van der Waals surface area contributed by atoms with E-state index in [9.17, 15) is 9.90 Å². The number of nitrogens with one attached hydrogen (secondary N) is 1. The molecule has 37 heavy (non-hydrogen) atoms. The van der Waals surface area contributed by atoms with Gasteiger partial charge in [0.25, 0.3) is 0 Å². The monoisotopic (exact) mass is 601 g/mol. The van der Waals surface area contributed by atoms with E-state index in [2.05, 4.69) is 31.1 Å². The molecule has 1 heterocycles. The van der Waals surface area contributed by atoms with Crippen LogP contribution in [0.25, 0.3) is 17.5 Å². The van der Waals surface area contributed by atoms with E-state index >= 15 is 0 Å². The summed E-state index contributed by atoms with van der Waals surface area (Å²) in [5, 5.41) is 17.5. The molecule has 0 aliphatic heterocycles. The summed E-state index contributed by atoms with van der Waals surface area (Å²) in [4.78, 5) is 16.5. The Morgan fingerprint density at radius 1 is 1.08 bits per heavy atom. The predicted molar refractivity (Wildman–Crippen MR) is 146 cm³/mol. The molecule has 0 atom stereocenters. The Balaban J connectivity index is 1.58. The molecule has 0 saturated heterocycles. The van der Waals surface area contributed by atoms with E-state index in [0.717, 1.165) is 17.3 Å². The third-order valence-electron chi connectivity index (χ3n) is 5.10. The summed E-state index contributed by atoms with van der Waals surface area (Å²) in [6, 6.07) is 18.3. The number of hydrogen-bond donors (Lipinski definition) is 2. The number of nitrogens with zero attached hydrogens (tertiary/aromatic N) is 2. The molecule has 0 aliphatic rings. The molecule has 3 aromatic carbocycles. The fraction of sp³-hybridized carbons (Fsp3) is 0.115. The number of carbonyl (C=O) groups is 1. The van der Waals surface area contributed by atoms with Crippen LogP contribution in [0, 0.1) is 0 Å². The third-order valence-corrected chi connectivity index (χ3v) is 6.90. The van der Waals surface area contributed by atoms with E-state index in [1.54, 1.807) is 30.3 Å². The maximum Gasteiger partial charge on any atom is 0.342 e. The number of H-pyrrole nitrogens is 1. The fourth-order valence-corrected chi connectivity index (χ4v) is 4.63. The largest absolute Gasteiger partial charge is 0.496 e. The van der Waals surface area contributed by atoms with Crippen LogP contribution in [-0.2, 0) is 11.4 Å². The van der Waals surface area contributed by atoms with Crippen LogP contribution in [0.5, 0.6) is 17.2 Å². The molecule has 0 saturated carbocycles. The van der Waals surface area contributed by atoms with Crippen molar-refractivity contribution in [1.82, 2.24) is 15.2 Å². The van der Waals surface area contributed by atoms with E-state index in [1.165, 1.54) is 20.3 Å². The smallest absolute Gasteiger partial charge is 0.342 e. The van der Waals surface area contributed by atoms with E-state index in [0.29, 0.717) is 50.3 Å². The predicted octanol–water partition coefficient (Wildman–Crippen LogP) is 6.70. The van der Waals surface area contributed by atoms with Gasteiger partial charge in [0.1, 0.15) is 17.3 Å². The molecule has 0 aliphatic carbocycles. The van der Waals surface area contributed by atoms with Crippen molar-refractivity contribution in [2.45, 2.75) is 11.8 Å². The molecule has 0 amide bonds. The molecule has 2 N–H and O–H groups in total. The van der Waals surface area contributed by atoms with Crippen molar-refractivity contribution in [2.75, 3.05) is 14.2 Å².